The Kier molecular flexibility index (Phi) is 8.55. The highest BCUT2D eigenvalue weighted by atomic mass is 79.9. The van der Waals surface area contributed by atoms with Crippen LogP contribution in [0.25, 0.3) is 0 Å². The molecule has 1 fully saturated rings. The molecule has 0 aromatic heterocycles. The van der Waals surface area contributed by atoms with Crippen molar-refractivity contribution in [1.29, 1.82) is 0 Å². The predicted octanol–water partition coefficient (Wildman–Crippen LogP) is 2.66. The molecule has 0 amide bonds. The summed E-state index contributed by atoms with van der Waals surface area (Å²) in [5.74, 6) is -1.47. The first-order valence-electron chi connectivity index (χ1n) is 11.1. The molecular formula is C25H33BrO7. The zero-order chi connectivity index (χ0) is 24.3. The van der Waals surface area contributed by atoms with Crippen LogP contribution in [0, 0.1) is 0 Å². The molecule has 5 atom stereocenters. The van der Waals surface area contributed by atoms with Crippen molar-refractivity contribution in [3.63, 3.8) is 0 Å². The van der Waals surface area contributed by atoms with Crippen molar-refractivity contribution >= 4 is 15.9 Å². The van der Waals surface area contributed by atoms with E-state index in [9.17, 15) is 20.4 Å². The first-order valence-corrected chi connectivity index (χ1v) is 11.9. The van der Waals surface area contributed by atoms with Crippen LogP contribution in [0.4, 0.5) is 0 Å². The monoisotopic (exact) mass is 524 g/mol. The summed E-state index contributed by atoms with van der Waals surface area (Å²) in [5.41, 5.74) is 3.59. The van der Waals surface area contributed by atoms with Crippen LogP contribution < -0.4 is 4.74 Å². The summed E-state index contributed by atoms with van der Waals surface area (Å²) in [6.45, 7) is 5.28. The van der Waals surface area contributed by atoms with Gasteiger partial charge in [-0.05, 0) is 55.5 Å². The van der Waals surface area contributed by atoms with Gasteiger partial charge >= 0.3 is 0 Å². The largest absolute Gasteiger partial charge is 0.490 e. The summed E-state index contributed by atoms with van der Waals surface area (Å²) in [5, 5.41) is 41.5. The lowest BCUT2D eigenvalue weighted by Crippen LogP contribution is -2.64. The fourth-order valence-corrected chi connectivity index (χ4v) is 4.58. The van der Waals surface area contributed by atoms with E-state index in [1.807, 2.05) is 13.8 Å². The Bertz CT molecular complexity index is 931. The van der Waals surface area contributed by atoms with Crippen molar-refractivity contribution in [1.82, 2.24) is 0 Å². The normalized spacial score (nSPS) is 27.7. The van der Waals surface area contributed by atoms with Gasteiger partial charge in [-0.15, -0.1) is 0 Å². The third-order valence-electron chi connectivity index (χ3n) is 5.97. The van der Waals surface area contributed by atoms with E-state index in [4.69, 9.17) is 14.2 Å². The van der Waals surface area contributed by atoms with Crippen molar-refractivity contribution in [3.8, 4) is 5.75 Å². The van der Waals surface area contributed by atoms with Crippen LogP contribution in [0.5, 0.6) is 5.75 Å². The molecule has 0 unspecified atom stereocenters. The number of hydrogen-bond acceptors (Lipinski definition) is 7. The number of aliphatic hydroxyl groups excluding tert-OH is 4. The average molecular weight is 525 g/mol. The van der Waals surface area contributed by atoms with Gasteiger partial charge in [-0.2, -0.15) is 0 Å². The summed E-state index contributed by atoms with van der Waals surface area (Å²) in [6.07, 6.45) is -4.52. The van der Waals surface area contributed by atoms with E-state index >= 15 is 0 Å². The molecule has 7 nitrogen and oxygen atoms in total. The maximum atomic E-state index is 11.0. The fourth-order valence-electron chi connectivity index (χ4n) is 4.11. The molecule has 4 N–H and O–H groups in total. The number of rotatable bonds is 8. The SMILES string of the molecule is CCc1ccc(Cc2cc([C@]3(OC)O[C@H](CO)[C@@H](O)[C@H](O)[C@H]3O)c(OC(C)C)cc2Br)cc1. The molecule has 0 aliphatic carbocycles. The fraction of sp³-hybridized carbons (Fsp3) is 0.520. The van der Waals surface area contributed by atoms with E-state index < -0.39 is 36.8 Å². The Morgan fingerprint density at radius 1 is 1.06 bits per heavy atom. The summed E-state index contributed by atoms with van der Waals surface area (Å²) in [7, 11) is 1.34. The van der Waals surface area contributed by atoms with Gasteiger partial charge in [-0.3, -0.25) is 0 Å². The van der Waals surface area contributed by atoms with Crippen LogP contribution in [0.1, 0.15) is 43.0 Å². The zero-order valence-corrected chi connectivity index (χ0v) is 20.9. The van der Waals surface area contributed by atoms with Gasteiger partial charge in [0.2, 0.25) is 5.79 Å². The standard InChI is InChI=1S/C25H33BrO7/c1-5-15-6-8-16(9-7-15)10-17-11-18(20(12-19(17)26)32-14(2)3)25(31-4)24(30)23(29)22(28)21(13-27)33-25/h6-9,11-12,14,21-24,27-30H,5,10,13H2,1-4H3/t21-,22-,23+,24-,25+/m1/s1. The topological polar surface area (TPSA) is 109 Å². The third kappa shape index (κ3) is 5.27. The number of hydrogen-bond donors (Lipinski definition) is 4. The maximum absolute atomic E-state index is 11.0. The first kappa shape index (κ1) is 26.1. The van der Waals surface area contributed by atoms with Gasteiger partial charge in [0, 0.05) is 11.6 Å². The van der Waals surface area contributed by atoms with E-state index in [-0.39, 0.29) is 6.10 Å². The van der Waals surface area contributed by atoms with Crippen molar-refractivity contribution in [3.05, 3.63) is 63.1 Å². The number of methoxy groups -OCH3 is 1. The van der Waals surface area contributed by atoms with Crippen LogP contribution in [0.2, 0.25) is 0 Å². The maximum Gasteiger partial charge on any atom is 0.228 e. The molecule has 2 aromatic carbocycles. The molecule has 3 rings (SSSR count). The number of halogens is 1. The lowest BCUT2D eigenvalue weighted by atomic mass is 9.86. The third-order valence-corrected chi connectivity index (χ3v) is 6.70. The molecule has 8 heteroatoms. The van der Waals surface area contributed by atoms with Crippen LogP contribution in [-0.4, -0.2) is 64.7 Å². The van der Waals surface area contributed by atoms with Crippen molar-refractivity contribution in [2.45, 2.75) is 69.9 Å². The predicted molar refractivity (Wildman–Crippen MR) is 127 cm³/mol. The molecule has 0 radical (unpaired) electrons. The van der Waals surface area contributed by atoms with Crippen molar-refractivity contribution in [2.24, 2.45) is 0 Å². The van der Waals surface area contributed by atoms with E-state index in [2.05, 4.69) is 47.1 Å². The van der Waals surface area contributed by atoms with Gasteiger partial charge < -0.3 is 34.6 Å². The molecule has 0 spiro atoms. The Hall–Kier alpha value is -1.52. The number of aryl methyl sites for hydroxylation is 1. The summed E-state index contributed by atoms with van der Waals surface area (Å²) in [6, 6.07) is 11.9. The zero-order valence-electron chi connectivity index (χ0n) is 19.4. The van der Waals surface area contributed by atoms with Crippen molar-refractivity contribution < 1.29 is 34.6 Å². The van der Waals surface area contributed by atoms with Crippen LogP contribution in [0.3, 0.4) is 0 Å². The number of benzene rings is 2. The lowest BCUT2D eigenvalue weighted by molar-refractivity contribution is -0.366. The van der Waals surface area contributed by atoms with E-state index in [1.54, 1.807) is 12.1 Å². The molecule has 1 aliphatic heterocycles. The van der Waals surface area contributed by atoms with E-state index in [0.717, 1.165) is 22.0 Å². The lowest BCUT2D eigenvalue weighted by Gasteiger charge is -2.48. The molecule has 0 saturated carbocycles. The second kappa shape index (κ2) is 10.8. The molecule has 33 heavy (non-hydrogen) atoms. The van der Waals surface area contributed by atoms with E-state index in [0.29, 0.717) is 17.7 Å². The second-order valence-corrected chi connectivity index (χ2v) is 9.44. The molecule has 2 aromatic rings. The molecular weight excluding hydrogens is 492 g/mol. The van der Waals surface area contributed by atoms with Gasteiger partial charge in [-0.25, -0.2) is 0 Å². The van der Waals surface area contributed by atoms with Gasteiger partial charge in [0.25, 0.3) is 0 Å². The molecule has 1 heterocycles. The van der Waals surface area contributed by atoms with Gasteiger partial charge in [0.1, 0.15) is 30.2 Å². The van der Waals surface area contributed by atoms with Crippen LogP contribution >= 0.6 is 15.9 Å². The van der Waals surface area contributed by atoms with Gasteiger partial charge in [0.05, 0.1) is 18.3 Å². The Morgan fingerprint density at radius 3 is 2.24 bits per heavy atom. The molecule has 1 aliphatic rings. The van der Waals surface area contributed by atoms with Gasteiger partial charge in [-0.1, -0.05) is 47.1 Å². The number of aliphatic hydroxyl groups is 4. The summed E-state index contributed by atoms with van der Waals surface area (Å²) in [4.78, 5) is 0. The summed E-state index contributed by atoms with van der Waals surface area (Å²) < 4.78 is 18.4. The summed E-state index contributed by atoms with van der Waals surface area (Å²) >= 11 is 3.63. The van der Waals surface area contributed by atoms with Crippen LogP contribution in [-0.2, 0) is 28.1 Å². The smallest absolute Gasteiger partial charge is 0.228 e. The molecule has 1 saturated heterocycles. The Labute approximate surface area is 203 Å². The number of ether oxygens (including phenoxy) is 3. The quantitative estimate of drug-likeness (QED) is 0.420. The highest BCUT2D eigenvalue weighted by molar-refractivity contribution is 9.10. The highest BCUT2D eigenvalue weighted by Crippen LogP contribution is 2.45. The second-order valence-electron chi connectivity index (χ2n) is 8.59. The average Bonchev–Trinajstić information content (AvgIpc) is 2.80. The minimum Gasteiger partial charge on any atom is -0.490 e. The van der Waals surface area contributed by atoms with E-state index in [1.165, 1.54) is 12.7 Å². The Morgan fingerprint density at radius 2 is 1.70 bits per heavy atom. The highest BCUT2D eigenvalue weighted by Gasteiger charge is 2.56. The van der Waals surface area contributed by atoms with Gasteiger partial charge in [0.15, 0.2) is 0 Å². The minimum absolute atomic E-state index is 0.193. The van der Waals surface area contributed by atoms with Crippen molar-refractivity contribution in [2.75, 3.05) is 13.7 Å². The molecule has 0 bridgehead atoms. The molecule has 182 valence electrons. The first-order chi connectivity index (χ1) is 15.7. The van der Waals surface area contributed by atoms with Crippen LogP contribution in [0.15, 0.2) is 40.9 Å². The minimum atomic E-state index is -1.86. The Balaban J connectivity index is 2.12.